The molecule has 0 saturated carbocycles. The molecule has 0 unspecified atom stereocenters. The van der Waals surface area contributed by atoms with Gasteiger partial charge >= 0.3 is 0 Å². The molecule has 1 aromatic rings. The van der Waals surface area contributed by atoms with Crippen LogP contribution in [0.25, 0.3) is 0 Å². The fourth-order valence-electron chi connectivity index (χ4n) is 1.25. The molecule has 0 amide bonds. The first-order valence-corrected chi connectivity index (χ1v) is 5.38. The van der Waals surface area contributed by atoms with Gasteiger partial charge in [0.15, 0.2) is 0 Å². The molecule has 6 heteroatoms. The normalized spacial score (nSPS) is 8.72. The van der Waals surface area contributed by atoms with Gasteiger partial charge < -0.3 is 14.8 Å². The van der Waals surface area contributed by atoms with Crippen LogP contribution in [0.3, 0.4) is 0 Å². The van der Waals surface area contributed by atoms with Gasteiger partial charge in [-0.2, -0.15) is 11.3 Å². The molecule has 1 N–H and O–H groups in total. The van der Waals surface area contributed by atoms with Crippen molar-refractivity contribution in [3.8, 4) is 17.6 Å². The molecule has 0 atom stereocenters. The number of ether oxygens (including phenoxy) is 2. The van der Waals surface area contributed by atoms with Gasteiger partial charge in [0.05, 0.1) is 31.7 Å². The van der Waals surface area contributed by atoms with Crippen LogP contribution in [0.5, 0.6) is 11.5 Å². The summed E-state index contributed by atoms with van der Waals surface area (Å²) < 4.78 is 10.2. The Bertz CT molecular complexity index is 446. The van der Waals surface area contributed by atoms with E-state index in [1.165, 1.54) is 0 Å². The SMILES string of the molecule is COc1[c-]cc(CNC(=S)CC#N)cc1OC.[Y]. The van der Waals surface area contributed by atoms with E-state index < -0.39 is 0 Å². The van der Waals surface area contributed by atoms with Crippen LogP contribution in [0.15, 0.2) is 12.1 Å². The summed E-state index contributed by atoms with van der Waals surface area (Å²) in [5.74, 6) is 1.19. The summed E-state index contributed by atoms with van der Waals surface area (Å²) in [7, 11) is 3.14. The molecule has 0 heterocycles. The summed E-state index contributed by atoms with van der Waals surface area (Å²) in [6.07, 6.45) is 0.229. The van der Waals surface area contributed by atoms with E-state index in [9.17, 15) is 0 Å². The minimum absolute atomic E-state index is 0. The summed E-state index contributed by atoms with van der Waals surface area (Å²) in [4.78, 5) is 0.530. The van der Waals surface area contributed by atoms with Crippen molar-refractivity contribution in [3.05, 3.63) is 23.8 Å². The zero-order chi connectivity index (χ0) is 12.7. The van der Waals surface area contributed by atoms with Crippen molar-refractivity contribution in [3.63, 3.8) is 0 Å². The third-order valence-electron chi connectivity index (χ3n) is 2.08. The van der Waals surface area contributed by atoms with Crippen molar-refractivity contribution in [2.24, 2.45) is 0 Å². The first-order chi connectivity index (χ1) is 8.21. The molecule has 93 valence electrons. The van der Waals surface area contributed by atoms with Gasteiger partial charge in [-0.1, -0.05) is 12.2 Å². The van der Waals surface area contributed by atoms with E-state index in [0.29, 0.717) is 23.0 Å². The second kappa shape index (κ2) is 9.26. The minimum Gasteiger partial charge on any atom is -0.551 e. The molecule has 0 aliphatic heterocycles. The van der Waals surface area contributed by atoms with Crippen molar-refractivity contribution in [1.29, 1.82) is 5.26 Å². The largest absolute Gasteiger partial charge is 0.551 e. The number of methoxy groups -OCH3 is 2. The molecule has 1 rings (SSSR count). The Balaban J connectivity index is 0.00000289. The van der Waals surface area contributed by atoms with Crippen LogP contribution in [0.2, 0.25) is 0 Å². The van der Waals surface area contributed by atoms with Gasteiger partial charge in [-0.15, -0.1) is 17.7 Å². The van der Waals surface area contributed by atoms with E-state index in [1.807, 2.05) is 12.1 Å². The first-order valence-electron chi connectivity index (χ1n) is 4.97. The predicted molar refractivity (Wildman–Crippen MR) is 68.0 cm³/mol. The number of nitriles is 1. The van der Waals surface area contributed by atoms with Crippen LogP contribution in [-0.2, 0) is 39.3 Å². The monoisotopic (exact) mass is 338 g/mol. The van der Waals surface area contributed by atoms with Gasteiger partial charge in [-0.25, -0.2) is 0 Å². The number of nitrogens with zero attached hydrogens (tertiary/aromatic N) is 1. The van der Waals surface area contributed by atoms with Crippen molar-refractivity contribution in [2.75, 3.05) is 14.2 Å². The van der Waals surface area contributed by atoms with E-state index in [1.54, 1.807) is 20.3 Å². The summed E-state index contributed by atoms with van der Waals surface area (Å²) in [6.45, 7) is 0.539. The van der Waals surface area contributed by atoms with E-state index in [4.69, 9.17) is 27.0 Å². The second-order valence-corrected chi connectivity index (χ2v) is 3.71. The van der Waals surface area contributed by atoms with Crippen molar-refractivity contribution in [2.45, 2.75) is 13.0 Å². The fraction of sp³-hybridized carbons (Fsp3) is 0.333. The zero-order valence-corrected chi connectivity index (χ0v) is 14.0. The Morgan fingerprint density at radius 1 is 1.50 bits per heavy atom. The van der Waals surface area contributed by atoms with Gasteiger partial charge in [-0.3, -0.25) is 0 Å². The maximum Gasteiger partial charge on any atom is 0.0889 e. The maximum atomic E-state index is 8.46. The van der Waals surface area contributed by atoms with Gasteiger partial charge in [0, 0.05) is 44.2 Å². The Kier molecular flexibility index (Phi) is 8.90. The van der Waals surface area contributed by atoms with Crippen molar-refractivity contribution in [1.82, 2.24) is 5.32 Å². The number of nitrogens with one attached hydrogen (secondary N) is 1. The van der Waals surface area contributed by atoms with Crippen LogP contribution in [0, 0.1) is 17.4 Å². The molecule has 0 saturated heterocycles. The van der Waals surface area contributed by atoms with E-state index in [2.05, 4.69) is 11.4 Å². The van der Waals surface area contributed by atoms with E-state index in [-0.39, 0.29) is 39.1 Å². The number of hydrogen-bond acceptors (Lipinski definition) is 4. The molecule has 1 radical (unpaired) electrons. The molecule has 0 aliphatic rings. The summed E-state index contributed by atoms with van der Waals surface area (Å²) in [5, 5.41) is 11.4. The molecule has 0 fully saturated rings. The molecule has 18 heavy (non-hydrogen) atoms. The molecule has 0 bridgehead atoms. The van der Waals surface area contributed by atoms with E-state index in [0.717, 1.165) is 5.56 Å². The predicted octanol–water partition coefficient (Wildman–Crippen LogP) is 1.83. The molecule has 0 aromatic heterocycles. The second-order valence-electron chi connectivity index (χ2n) is 3.22. The van der Waals surface area contributed by atoms with Crippen LogP contribution < -0.4 is 14.8 Å². The Morgan fingerprint density at radius 2 is 2.22 bits per heavy atom. The van der Waals surface area contributed by atoms with Gasteiger partial charge in [-0.05, 0) is 6.54 Å². The third-order valence-corrected chi connectivity index (χ3v) is 2.37. The Labute approximate surface area is 138 Å². The average Bonchev–Trinajstić information content (AvgIpc) is 2.36. The van der Waals surface area contributed by atoms with Gasteiger partial charge in [0.1, 0.15) is 0 Å². The van der Waals surface area contributed by atoms with Crippen molar-refractivity contribution < 1.29 is 42.2 Å². The molecule has 1 aromatic carbocycles. The number of hydrogen-bond donors (Lipinski definition) is 1. The quantitative estimate of drug-likeness (QED) is 0.656. The van der Waals surface area contributed by atoms with Crippen molar-refractivity contribution >= 4 is 17.2 Å². The van der Waals surface area contributed by atoms with Gasteiger partial charge in [0.25, 0.3) is 0 Å². The smallest absolute Gasteiger partial charge is 0.0889 e. The number of thiocarbonyl (C=S) groups is 1. The summed E-state index contributed by atoms with van der Waals surface area (Å²) in [6, 6.07) is 8.59. The maximum absolute atomic E-state index is 8.46. The molecular weight excluding hydrogens is 325 g/mol. The minimum atomic E-state index is 0. The van der Waals surface area contributed by atoms with Crippen LogP contribution in [-0.4, -0.2) is 19.2 Å². The molecule has 4 nitrogen and oxygen atoms in total. The Morgan fingerprint density at radius 3 is 2.78 bits per heavy atom. The number of benzene rings is 1. The van der Waals surface area contributed by atoms with E-state index >= 15 is 0 Å². The molecule has 0 spiro atoms. The summed E-state index contributed by atoms with van der Waals surface area (Å²) in [5.41, 5.74) is 0.961. The zero-order valence-electron chi connectivity index (χ0n) is 10.3. The van der Waals surface area contributed by atoms with Gasteiger partial charge in [0.2, 0.25) is 0 Å². The van der Waals surface area contributed by atoms with Crippen LogP contribution in [0.1, 0.15) is 12.0 Å². The van der Waals surface area contributed by atoms with Crippen LogP contribution in [0.4, 0.5) is 0 Å². The van der Waals surface area contributed by atoms with Crippen LogP contribution >= 0.6 is 12.2 Å². The number of rotatable bonds is 5. The topological polar surface area (TPSA) is 54.3 Å². The standard InChI is InChI=1S/C12H13N2O2S.Y/c1-15-10-4-3-9(7-11(10)16-2)8-14-12(17)5-6-13;/h3,7H,5,8H2,1-2H3,(H,14,17);/q-1;. The Hall–Kier alpha value is -0.696. The molecular formula is C12H13N2O2SY-. The molecule has 0 aliphatic carbocycles. The third kappa shape index (κ3) is 5.30. The fourth-order valence-corrected chi connectivity index (χ4v) is 1.39. The average molecular weight is 338 g/mol. The first kappa shape index (κ1) is 17.3. The summed E-state index contributed by atoms with van der Waals surface area (Å²) >= 11 is 4.96.